The molecule has 0 aromatic carbocycles. The molecular formula is C3H4N-. The van der Waals surface area contributed by atoms with Crippen LogP contribution in [-0.4, -0.2) is 0 Å². The minimum Gasteiger partial charge on any atom is -0.462 e. The summed E-state index contributed by atoms with van der Waals surface area (Å²) in [7, 11) is 0. The number of hydrogen-bond donors (Lipinski definition) is 0. The molecule has 0 bridgehead atoms. The van der Waals surface area contributed by atoms with Gasteiger partial charge in [-0.3, -0.25) is 6.57 Å². The molecule has 4 heavy (non-hydrogen) atoms. The van der Waals surface area contributed by atoms with Crippen LogP contribution in [0.3, 0.4) is 0 Å². The minimum atomic E-state index is 1.42. The standard InChI is InChI=1S/C3H4N/c1-3-4-2/h3H,1H3/q-1. The van der Waals surface area contributed by atoms with E-state index in [-0.39, 0.29) is 0 Å². The highest BCUT2D eigenvalue weighted by Gasteiger charge is 1.31. The minimum absolute atomic E-state index is 1.42. The van der Waals surface area contributed by atoms with E-state index < -0.39 is 0 Å². The molecular weight excluding hydrogens is 50.0 g/mol. The molecule has 0 aliphatic carbocycles. The van der Waals surface area contributed by atoms with Gasteiger partial charge in [-0.05, 0) is 6.54 Å². The van der Waals surface area contributed by atoms with Gasteiger partial charge in [-0.15, -0.1) is 6.92 Å². The number of rotatable bonds is 0. The molecule has 1 nitrogen and oxygen atoms in total. The zero-order chi connectivity index (χ0) is 3.41. The second-order valence-corrected chi connectivity index (χ2v) is 0.387. The van der Waals surface area contributed by atoms with E-state index in [0.717, 1.165) is 0 Å². The Morgan fingerprint density at radius 2 is 2.25 bits per heavy atom. The molecule has 0 saturated heterocycles. The van der Waals surface area contributed by atoms with Crippen molar-refractivity contribution < 1.29 is 0 Å². The highest BCUT2D eigenvalue weighted by molar-refractivity contribution is 4.65. The molecule has 1 heteroatoms. The maximum absolute atomic E-state index is 6.02. The van der Waals surface area contributed by atoms with Gasteiger partial charge in [0.1, 0.15) is 0 Å². The molecule has 22 valence electrons. The van der Waals surface area contributed by atoms with E-state index in [2.05, 4.69) is 4.85 Å². The van der Waals surface area contributed by atoms with Crippen molar-refractivity contribution in [1.82, 2.24) is 0 Å². The van der Waals surface area contributed by atoms with Crippen molar-refractivity contribution in [2.75, 3.05) is 0 Å². The SMILES string of the molecule is [C-]#[N+][CH-]C. The summed E-state index contributed by atoms with van der Waals surface area (Å²) in [6.07, 6.45) is 0. The summed E-state index contributed by atoms with van der Waals surface area (Å²) in [5.74, 6) is 0. The molecule has 0 aliphatic rings. The maximum atomic E-state index is 6.02. The van der Waals surface area contributed by atoms with Crippen molar-refractivity contribution in [3.8, 4) is 0 Å². The molecule has 0 aliphatic heterocycles. The first-order valence-corrected chi connectivity index (χ1v) is 1.06. The van der Waals surface area contributed by atoms with E-state index in [1.807, 2.05) is 0 Å². The van der Waals surface area contributed by atoms with Gasteiger partial charge in [0.15, 0.2) is 0 Å². The highest BCUT2D eigenvalue weighted by atomic mass is 14.6. The fraction of sp³-hybridized carbons (Fsp3) is 0.333. The van der Waals surface area contributed by atoms with Gasteiger partial charge in [-0.1, -0.05) is 0 Å². The summed E-state index contributed by atoms with van der Waals surface area (Å²) in [5, 5.41) is 0. The normalized spacial score (nSPS) is 4.00. The largest absolute Gasteiger partial charge is 0.462 e. The summed E-state index contributed by atoms with van der Waals surface area (Å²) in [5.41, 5.74) is 0. The van der Waals surface area contributed by atoms with Crippen molar-refractivity contribution in [3.63, 3.8) is 0 Å². The van der Waals surface area contributed by atoms with E-state index in [4.69, 9.17) is 6.57 Å². The van der Waals surface area contributed by atoms with Gasteiger partial charge >= 0.3 is 0 Å². The second kappa shape index (κ2) is 2.36. The third kappa shape index (κ3) is 1.36. The first kappa shape index (κ1) is 3.36. The first-order valence-electron chi connectivity index (χ1n) is 1.06. The topological polar surface area (TPSA) is 4.36 Å². The van der Waals surface area contributed by atoms with Gasteiger partial charge in [0, 0.05) is 0 Å². The lowest BCUT2D eigenvalue weighted by molar-refractivity contribution is 1.56. The Hall–Kier alpha value is -0.640. The first-order chi connectivity index (χ1) is 1.91. The van der Waals surface area contributed by atoms with Gasteiger partial charge in [-0.2, -0.15) is 0 Å². The van der Waals surface area contributed by atoms with Crippen LogP contribution in [0.4, 0.5) is 0 Å². The van der Waals surface area contributed by atoms with Crippen LogP contribution in [-0.2, 0) is 0 Å². The summed E-state index contributed by atoms with van der Waals surface area (Å²) in [6, 6.07) is 0. The van der Waals surface area contributed by atoms with Crippen LogP contribution in [0.2, 0.25) is 0 Å². The Morgan fingerprint density at radius 3 is 2.25 bits per heavy atom. The lowest BCUT2D eigenvalue weighted by Crippen LogP contribution is -1.32. The molecule has 0 aromatic rings. The molecule has 0 amide bonds. The molecule has 0 fully saturated rings. The molecule has 0 rings (SSSR count). The molecule has 0 N–H and O–H groups in total. The maximum Gasteiger partial charge on any atom is -0.0440 e. The Bertz CT molecular complexity index is 33.0. The Kier molecular flexibility index (Phi) is 1.98. The predicted octanol–water partition coefficient (Wildman–Crippen LogP) is 1.09. The Labute approximate surface area is 26.1 Å². The fourth-order valence-corrected chi connectivity index (χ4v) is 0. The van der Waals surface area contributed by atoms with Crippen molar-refractivity contribution in [1.29, 1.82) is 0 Å². The molecule has 0 heterocycles. The van der Waals surface area contributed by atoms with Crippen LogP contribution in [0.25, 0.3) is 4.85 Å². The van der Waals surface area contributed by atoms with Gasteiger partial charge in [-0.25, -0.2) is 0 Å². The molecule has 0 atom stereocenters. The molecule has 0 aromatic heterocycles. The lowest BCUT2D eigenvalue weighted by atomic mass is 10.8. The van der Waals surface area contributed by atoms with Crippen LogP contribution < -0.4 is 0 Å². The third-order valence-electron chi connectivity index (χ3n) is 0.129. The summed E-state index contributed by atoms with van der Waals surface area (Å²) >= 11 is 0. The van der Waals surface area contributed by atoms with Crippen LogP contribution in [0.1, 0.15) is 6.92 Å². The van der Waals surface area contributed by atoms with E-state index in [9.17, 15) is 0 Å². The lowest BCUT2D eigenvalue weighted by Gasteiger charge is -1.69. The number of nitrogens with zero attached hydrogens (tertiary/aromatic N) is 1. The van der Waals surface area contributed by atoms with Gasteiger partial charge in [0.2, 0.25) is 0 Å². The molecule has 0 saturated carbocycles. The molecule has 0 spiro atoms. The zero-order valence-corrected chi connectivity index (χ0v) is 2.52. The van der Waals surface area contributed by atoms with E-state index in [1.165, 1.54) is 6.54 Å². The average molecular weight is 54.1 g/mol. The van der Waals surface area contributed by atoms with E-state index in [0.29, 0.717) is 0 Å². The summed E-state index contributed by atoms with van der Waals surface area (Å²) < 4.78 is 0. The van der Waals surface area contributed by atoms with E-state index in [1.54, 1.807) is 6.92 Å². The third-order valence-corrected chi connectivity index (χ3v) is 0.129. The molecule has 0 unspecified atom stereocenters. The van der Waals surface area contributed by atoms with Crippen LogP contribution in [0, 0.1) is 13.1 Å². The Balaban J connectivity index is 2.43. The van der Waals surface area contributed by atoms with Crippen molar-refractivity contribution in [2.45, 2.75) is 6.92 Å². The van der Waals surface area contributed by atoms with Gasteiger partial charge < -0.3 is 4.85 Å². The van der Waals surface area contributed by atoms with Crippen molar-refractivity contribution >= 4 is 0 Å². The highest BCUT2D eigenvalue weighted by Crippen LogP contribution is 1.64. The Morgan fingerprint density at radius 1 is 2.00 bits per heavy atom. The van der Waals surface area contributed by atoms with E-state index >= 15 is 0 Å². The van der Waals surface area contributed by atoms with Gasteiger partial charge in [0.05, 0.1) is 0 Å². The number of hydrogen-bond acceptors (Lipinski definition) is 0. The predicted molar refractivity (Wildman–Crippen MR) is 16.6 cm³/mol. The smallest absolute Gasteiger partial charge is 0.0440 e. The van der Waals surface area contributed by atoms with Crippen molar-refractivity contribution in [3.05, 3.63) is 18.0 Å². The molecule has 0 radical (unpaired) electrons. The average Bonchev–Trinajstić information content (AvgIpc) is 1.37. The zero-order valence-electron chi connectivity index (χ0n) is 2.52. The van der Waals surface area contributed by atoms with Crippen molar-refractivity contribution in [2.24, 2.45) is 0 Å². The van der Waals surface area contributed by atoms with Crippen LogP contribution in [0.5, 0.6) is 0 Å². The summed E-state index contributed by atoms with van der Waals surface area (Å²) in [6.45, 7) is 9.14. The van der Waals surface area contributed by atoms with Gasteiger partial charge in [0.25, 0.3) is 0 Å². The summed E-state index contributed by atoms with van der Waals surface area (Å²) in [4.78, 5) is 2.86. The second-order valence-electron chi connectivity index (χ2n) is 0.387. The van der Waals surface area contributed by atoms with Crippen LogP contribution in [0.15, 0.2) is 0 Å². The monoisotopic (exact) mass is 54.0 g/mol. The van der Waals surface area contributed by atoms with Crippen LogP contribution >= 0.6 is 0 Å². The quantitative estimate of drug-likeness (QED) is 0.364. The fourth-order valence-electron chi connectivity index (χ4n) is 0.